The number of allylic oxidation sites excluding steroid dienone is 1. The van der Waals surface area contributed by atoms with Crippen molar-refractivity contribution in [1.29, 1.82) is 0 Å². The zero-order valence-electron chi connectivity index (χ0n) is 15.9. The summed E-state index contributed by atoms with van der Waals surface area (Å²) in [6, 6.07) is 5.69. The number of primary sulfonamides is 1. The Morgan fingerprint density at radius 3 is 2.71 bits per heavy atom. The number of rotatable bonds is 6. The molecule has 2 unspecified atom stereocenters. The first-order chi connectivity index (χ1) is 14.7. The number of nitrogen functional groups attached to an aromatic ring is 1. The Morgan fingerprint density at radius 2 is 2.03 bits per heavy atom. The van der Waals surface area contributed by atoms with E-state index in [1.165, 1.54) is 40.7 Å². The third kappa shape index (κ3) is 4.70. The highest BCUT2D eigenvalue weighted by atomic mass is 32.2. The molecule has 0 saturated heterocycles. The van der Waals surface area contributed by atoms with E-state index in [4.69, 9.17) is 21.3 Å². The Kier molecular flexibility index (Phi) is 5.43. The number of carbonyl (C=O) groups is 1. The monoisotopic (exact) mass is 462 g/mol. The number of nitrogens with two attached hydrogens (primary N) is 3. The van der Waals surface area contributed by atoms with Crippen LogP contribution in [-0.2, 0) is 19.6 Å². The molecule has 1 amide bonds. The molecule has 2 heterocycles. The smallest absolute Gasteiger partial charge is 0.255 e. The zero-order chi connectivity index (χ0) is 22.2. The van der Waals surface area contributed by atoms with Gasteiger partial charge < -0.3 is 21.5 Å². The minimum atomic E-state index is -3.77. The molecule has 0 bridgehead atoms. The van der Waals surface area contributed by atoms with Gasteiger partial charge in [0, 0.05) is 5.69 Å². The van der Waals surface area contributed by atoms with E-state index in [1.54, 1.807) is 6.08 Å². The number of aliphatic imine (C=N–C) groups is 1. The number of primary amides is 1. The highest BCUT2D eigenvalue weighted by molar-refractivity contribution is 8.14. The molecular weight excluding hydrogens is 444 g/mol. The lowest BCUT2D eigenvalue weighted by Crippen LogP contribution is -2.20. The Morgan fingerprint density at radius 1 is 1.29 bits per heavy atom. The second kappa shape index (κ2) is 8.05. The van der Waals surface area contributed by atoms with Crippen LogP contribution < -0.4 is 21.9 Å². The fourth-order valence-electron chi connectivity index (χ4n) is 2.85. The molecule has 2 aliphatic rings. The van der Waals surface area contributed by atoms with Crippen molar-refractivity contribution in [3.63, 3.8) is 0 Å². The molecule has 2 atom stereocenters. The molecule has 12 nitrogen and oxygen atoms in total. The molecular formula is C17H18N8O4S2. The van der Waals surface area contributed by atoms with Crippen molar-refractivity contribution in [3.05, 3.63) is 48.3 Å². The van der Waals surface area contributed by atoms with Crippen LogP contribution in [0, 0.1) is 0 Å². The molecule has 162 valence electrons. The third-order valence-electron chi connectivity index (χ3n) is 4.26. The molecule has 1 aromatic heterocycles. The van der Waals surface area contributed by atoms with Crippen molar-refractivity contribution in [2.45, 2.75) is 16.2 Å². The maximum absolute atomic E-state index is 11.4. The molecule has 7 N–H and O–H groups in total. The van der Waals surface area contributed by atoms with E-state index in [0.717, 1.165) is 0 Å². The molecule has 4 rings (SSSR count). The van der Waals surface area contributed by atoms with Crippen LogP contribution in [0.15, 0.2) is 58.1 Å². The van der Waals surface area contributed by atoms with Crippen LogP contribution in [0.1, 0.15) is 0 Å². The molecule has 0 fully saturated rings. The second-order valence-corrected chi connectivity index (χ2v) is 9.27. The number of aromatic nitrogens is 3. The Bertz CT molecular complexity index is 1220. The minimum absolute atomic E-state index is 0.00402. The van der Waals surface area contributed by atoms with Gasteiger partial charge in [0.15, 0.2) is 11.8 Å². The van der Waals surface area contributed by atoms with Gasteiger partial charge >= 0.3 is 0 Å². The summed E-state index contributed by atoms with van der Waals surface area (Å²) in [6.07, 6.45) is 5.45. The standard InChI is InChI=1S/C17H18N8O4S2/c18-14(26)8-29-10-3-6-12-13(7-10)30-17(22-12)25-15(19)23-16(24-25)21-9-1-4-11(5-2-9)31(20,27)28/h1-7,12-13H,8H2,(H2,18,26)(H2,20,27,28)(H3,19,21,23,24). The topological polar surface area (TPSA) is 194 Å². The largest absolute Gasteiger partial charge is 0.484 e. The lowest BCUT2D eigenvalue weighted by molar-refractivity contribution is -0.121. The van der Waals surface area contributed by atoms with Gasteiger partial charge in [0.1, 0.15) is 5.76 Å². The fraction of sp³-hybridized carbons (Fsp3) is 0.176. The highest BCUT2D eigenvalue weighted by Crippen LogP contribution is 2.34. The summed E-state index contributed by atoms with van der Waals surface area (Å²) < 4.78 is 29.5. The van der Waals surface area contributed by atoms with Crippen molar-refractivity contribution in [3.8, 4) is 0 Å². The quantitative estimate of drug-likeness (QED) is 0.453. The van der Waals surface area contributed by atoms with Gasteiger partial charge in [0.25, 0.3) is 5.91 Å². The lowest BCUT2D eigenvalue weighted by Gasteiger charge is -2.16. The summed E-state index contributed by atoms with van der Waals surface area (Å²) in [5, 5.41) is 12.9. The molecule has 1 aliphatic carbocycles. The number of ether oxygens (including phenoxy) is 1. The van der Waals surface area contributed by atoms with Crippen LogP contribution in [0.4, 0.5) is 17.6 Å². The number of nitrogens with one attached hydrogen (secondary N) is 1. The van der Waals surface area contributed by atoms with E-state index < -0.39 is 15.9 Å². The second-order valence-electron chi connectivity index (χ2n) is 6.57. The van der Waals surface area contributed by atoms with Crippen LogP contribution >= 0.6 is 11.8 Å². The average Bonchev–Trinajstić information content (AvgIpc) is 3.28. The third-order valence-corrected chi connectivity index (χ3v) is 6.36. The van der Waals surface area contributed by atoms with Gasteiger partial charge in [-0.3, -0.25) is 9.79 Å². The van der Waals surface area contributed by atoms with E-state index in [0.29, 0.717) is 16.6 Å². The van der Waals surface area contributed by atoms with Crippen molar-refractivity contribution < 1.29 is 17.9 Å². The maximum Gasteiger partial charge on any atom is 0.255 e. The Labute approximate surface area is 181 Å². The van der Waals surface area contributed by atoms with Gasteiger partial charge in [-0.1, -0.05) is 17.8 Å². The summed E-state index contributed by atoms with van der Waals surface area (Å²) >= 11 is 1.42. The van der Waals surface area contributed by atoms with Crippen molar-refractivity contribution in [2.24, 2.45) is 15.9 Å². The van der Waals surface area contributed by atoms with Gasteiger partial charge in [0.05, 0.1) is 16.2 Å². The minimum Gasteiger partial charge on any atom is -0.484 e. The summed E-state index contributed by atoms with van der Waals surface area (Å²) in [7, 11) is -3.77. The maximum atomic E-state index is 11.4. The number of amides is 1. The van der Waals surface area contributed by atoms with Crippen molar-refractivity contribution in [2.75, 3.05) is 17.7 Å². The van der Waals surface area contributed by atoms with E-state index in [2.05, 4.69) is 20.4 Å². The molecule has 2 aromatic rings. The van der Waals surface area contributed by atoms with Crippen LogP contribution in [0.5, 0.6) is 0 Å². The first-order valence-electron chi connectivity index (χ1n) is 8.87. The first-order valence-corrected chi connectivity index (χ1v) is 11.3. The number of carbonyl (C=O) groups excluding carboxylic acids is 1. The summed E-state index contributed by atoms with van der Waals surface area (Å²) in [5.74, 6) is 0.338. The van der Waals surface area contributed by atoms with E-state index in [-0.39, 0.29) is 34.7 Å². The van der Waals surface area contributed by atoms with Crippen LogP contribution in [-0.4, -0.2) is 52.2 Å². The number of hydrogen-bond donors (Lipinski definition) is 4. The number of sulfonamides is 1. The Balaban J connectivity index is 1.46. The number of anilines is 3. The normalized spacial score (nSPS) is 20.0. The van der Waals surface area contributed by atoms with E-state index >= 15 is 0 Å². The predicted octanol–water partition coefficient (Wildman–Crippen LogP) is -0.105. The van der Waals surface area contributed by atoms with Gasteiger partial charge in [-0.2, -0.15) is 9.67 Å². The summed E-state index contributed by atoms with van der Waals surface area (Å²) in [6.45, 7) is -0.199. The van der Waals surface area contributed by atoms with E-state index in [1.807, 2.05) is 12.2 Å². The highest BCUT2D eigenvalue weighted by Gasteiger charge is 2.32. The number of nitrogens with zero attached hydrogens (tertiary/aromatic N) is 4. The molecule has 1 aliphatic heterocycles. The van der Waals surface area contributed by atoms with Crippen molar-refractivity contribution in [1.82, 2.24) is 14.8 Å². The van der Waals surface area contributed by atoms with Crippen LogP contribution in [0.3, 0.4) is 0 Å². The molecule has 0 radical (unpaired) electrons. The summed E-state index contributed by atoms with van der Waals surface area (Å²) in [4.78, 5) is 19.7. The number of hydrogen-bond acceptors (Lipinski definition) is 10. The van der Waals surface area contributed by atoms with Crippen LogP contribution in [0.25, 0.3) is 0 Å². The molecule has 31 heavy (non-hydrogen) atoms. The molecule has 0 saturated carbocycles. The molecule has 1 aromatic carbocycles. The average molecular weight is 463 g/mol. The number of benzene rings is 1. The molecule has 0 spiro atoms. The zero-order valence-corrected chi connectivity index (χ0v) is 17.5. The molecule has 14 heteroatoms. The first kappa shape index (κ1) is 20.9. The predicted molar refractivity (Wildman–Crippen MR) is 116 cm³/mol. The Hall–Kier alpha value is -3.36. The number of thioether (sulfide) groups is 1. The van der Waals surface area contributed by atoms with Gasteiger partial charge in [-0.05, 0) is 36.4 Å². The summed E-state index contributed by atoms with van der Waals surface area (Å²) in [5.41, 5.74) is 11.7. The van der Waals surface area contributed by atoms with Gasteiger partial charge in [-0.25, -0.2) is 13.6 Å². The van der Waals surface area contributed by atoms with E-state index in [9.17, 15) is 13.2 Å². The number of fused-ring (bicyclic) bond motifs is 1. The SMILES string of the molecule is NC(=O)COC1=CC2SC(n3nc(Nc4ccc(S(N)(=O)=O)cc4)nc3N)=NC2C=C1. The van der Waals surface area contributed by atoms with Crippen LogP contribution in [0.2, 0.25) is 0 Å². The fourth-order valence-corrected chi connectivity index (χ4v) is 4.52. The van der Waals surface area contributed by atoms with Gasteiger partial charge in [0.2, 0.25) is 21.9 Å². The van der Waals surface area contributed by atoms with Crippen molar-refractivity contribution >= 4 is 50.4 Å². The lowest BCUT2D eigenvalue weighted by atomic mass is 10.1. The van der Waals surface area contributed by atoms with Gasteiger partial charge in [-0.15, -0.1) is 5.10 Å².